The van der Waals surface area contributed by atoms with Gasteiger partial charge in [-0.15, -0.1) is 0 Å². The summed E-state index contributed by atoms with van der Waals surface area (Å²) < 4.78 is 0. The minimum Gasteiger partial charge on any atom is -0.372 e. The summed E-state index contributed by atoms with van der Waals surface area (Å²) in [5, 5.41) is 11.8. The molecular weight excluding hydrogens is 448 g/mol. The summed E-state index contributed by atoms with van der Waals surface area (Å²) >= 11 is 0. The maximum absolute atomic E-state index is 9.46. The molecule has 1 aliphatic rings. The van der Waals surface area contributed by atoms with Crippen LogP contribution in [0.1, 0.15) is 101 Å². The fourth-order valence-electron chi connectivity index (χ4n) is 6.03. The second-order valence-corrected chi connectivity index (χ2v) is 11.2. The monoisotopic (exact) mass is 494 g/mol. The molecule has 0 aliphatic carbocycles. The van der Waals surface area contributed by atoms with E-state index in [0.29, 0.717) is 5.92 Å². The molecule has 0 amide bonds. The lowest BCUT2D eigenvalue weighted by atomic mass is 9.87. The van der Waals surface area contributed by atoms with Crippen LogP contribution in [0.3, 0.4) is 0 Å². The first kappa shape index (κ1) is 27.3. The van der Waals surface area contributed by atoms with E-state index >= 15 is 0 Å². The minimum absolute atomic E-state index is 0.711. The first-order valence-corrected chi connectivity index (χ1v) is 15.0. The van der Waals surface area contributed by atoms with Crippen LogP contribution in [-0.4, -0.2) is 13.1 Å². The number of nitriles is 1. The number of nitrogens with zero attached hydrogens (tertiary/aromatic N) is 2. The van der Waals surface area contributed by atoms with Crippen molar-refractivity contribution in [2.24, 2.45) is 5.92 Å². The van der Waals surface area contributed by atoms with E-state index in [1.54, 1.807) is 0 Å². The third-order valence-corrected chi connectivity index (χ3v) is 8.38. The molecule has 3 aromatic carbocycles. The Morgan fingerprint density at radius 2 is 1.35 bits per heavy atom. The van der Waals surface area contributed by atoms with E-state index in [0.717, 1.165) is 30.5 Å². The normalized spacial score (nSPS) is 14.2. The second-order valence-electron chi connectivity index (χ2n) is 11.2. The zero-order valence-electron chi connectivity index (χ0n) is 23.1. The van der Waals surface area contributed by atoms with Crippen molar-refractivity contribution in [2.75, 3.05) is 18.0 Å². The molecule has 2 heteroatoms. The Morgan fingerprint density at radius 3 is 2.00 bits per heavy atom. The van der Waals surface area contributed by atoms with E-state index in [1.165, 1.54) is 106 Å². The number of benzene rings is 3. The van der Waals surface area contributed by atoms with Gasteiger partial charge in [-0.2, -0.15) is 5.26 Å². The van der Waals surface area contributed by atoms with E-state index in [9.17, 15) is 5.26 Å². The summed E-state index contributed by atoms with van der Waals surface area (Å²) in [5.41, 5.74) is 5.05. The lowest BCUT2D eigenvalue weighted by molar-refractivity contribution is 0.404. The number of piperidine rings is 1. The van der Waals surface area contributed by atoms with Crippen LogP contribution in [0.15, 0.2) is 60.7 Å². The van der Waals surface area contributed by atoms with Crippen molar-refractivity contribution in [1.82, 2.24) is 0 Å². The minimum atomic E-state index is 0.711. The number of unbranched alkanes of at least 4 members (excludes halogenated alkanes) is 9. The highest BCUT2D eigenvalue weighted by atomic mass is 15.1. The Balaban J connectivity index is 1.16. The smallest absolute Gasteiger partial charge is 0.0998 e. The van der Waals surface area contributed by atoms with Crippen LogP contribution < -0.4 is 4.90 Å². The molecule has 3 aromatic rings. The van der Waals surface area contributed by atoms with E-state index in [-0.39, 0.29) is 0 Å². The van der Waals surface area contributed by atoms with Gasteiger partial charge in [0, 0.05) is 18.8 Å². The summed E-state index contributed by atoms with van der Waals surface area (Å²) in [6, 6.07) is 24.3. The molecule has 0 N–H and O–H groups in total. The molecule has 0 bridgehead atoms. The zero-order chi connectivity index (χ0) is 25.7. The Hall–Kier alpha value is -2.79. The highest BCUT2D eigenvalue weighted by molar-refractivity contribution is 5.90. The SMILES string of the molecule is CCCCCCCCCCCCc1ccc(N2CCC(Cc3ccc(C#N)c4ccccc34)CC2)cc1. The molecule has 0 radical (unpaired) electrons. The van der Waals surface area contributed by atoms with Crippen LogP contribution >= 0.6 is 0 Å². The Kier molecular flexibility index (Phi) is 10.9. The first-order chi connectivity index (χ1) is 18.3. The predicted molar refractivity (Wildman–Crippen MR) is 159 cm³/mol. The average Bonchev–Trinajstić information content (AvgIpc) is 2.95. The van der Waals surface area contributed by atoms with Gasteiger partial charge in [-0.25, -0.2) is 0 Å². The number of rotatable bonds is 14. The lowest BCUT2D eigenvalue weighted by Crippen LogP contribution is -2.34. The Bertz CT molecular complexity index is 1120. The number of aryl methyl sites for hydroxylation is 1. The summed E-state index contributed by atoms with van der Waals surface area (Å²) in [7, 11) is 0. The molecular formula is C35H46N2. The quantitative estimate of drug-likeness (QED) is 0.209. The second kappa shape index (κ2) is 14.8. The fraction of sp³-hybridized carbons (Fsp3) is 0.514. The fourth-order valence-corrected chi connectivity index (χ4v) is 6.03. The van der Waals surface area contributed by atoms with Gasteiger partial charge in [0.25, 0.3) is 0 Å². The van der Waals surface area contributed by atoms with Crippen LogP contribution in [0.4, 0.5) is 5.69 Å². The molecule has 37 heavy (non-hydrogen) atoms. The average molecular weight is 495 g/mol. The Labute approximate surface area is 225 Å². The number of hydrogen-bond acceptors (Lipinski definition) is 2. The first-order valence-electron chi connectivity index (χ1n) is 15.0. The van der Waals surface area contributed by atoms with Gasteiger partial charge < -0.3 is 4.90 Å². The van der Waals surface area contributed by atoms with E-state index < -0.39 is 0 Å². The third kappa shape index (κ3) is 8.10. The number of anilines is 1. The Morgan fingerprint density at radius 1 is 0.730 bits per heavy atom. The van der Waals surface area contributed by atoms with E-state index in [1.807, 2.05) is 12.1 Å². The lowest BCUT2D eigenvalue weighted by Gasteiger charge is -2.34. The van der Waals surface area contributed by atoms with E-state index in [4.69, 9.17) is 0 Å². The summed E-state index contributed by atoms with van der Waals surface area (Å²) in [5.74, 6) is 0.711. The molecule has 0 aromatic heterocycles. The standard InChI is InChI=1S/C35H46N2/c1-2-3-4-5-6-7-8-9-10-11-14-29-17-21-33(22-18-29)37-25-23-30(24-26-37)27-31-19-20-32(28-36)35-16-13-12-15-34(31)35/h12-13,15-22,30H,2-11,14,23-27H2,1H3. The van der Waals surface area contributed by atoms with Crippen molar-refractivity contribution in [2.45, 2.75) is 96.8 Å². The van der Waals surface area contributed by atoms with Gasteiger partial charge in [-0.1, -0.05) is 107 Å². The topological polar surface area (TPSA) is 27.0 Å². The van der Waals surface area contributed by atoms with Crippen LogP contribution in [0.2, 0.25) is 0 Å². The molecule has 1 aliphatic heterocycles. The predicted octanol–water partition coefficient (Wildman–Crippen LogP) is 9.63. The molecule has 0 atom stereocenters. The molecule has 1 fully saturated rings. The van der Waals surface area contributed by atoms with Gasteiger partial charge in [0.15, 0.2) is 0 Å². The van der Waals surface area contributed by atoms with Crippen molar-refractivity contribution in [3.8, 4) is 6.07 Å². The summed E-state index contributed by atoms with van der Waals surface area (Å²) in [6.45, 7) is 4.56. The van der Waals surface area contributed by atoms with Gasteiger partial charge in [-0.05, 0) is 78.1 Å². The van der Waals surface area contributed by atoms with Crippen LogP contribution in [-0.2, 0) is 12.8 Å². The molecule has 0 unspecified atom stereocenters. The maximum Gasteiger partial charge on any atom is 0.0998 e. The molecule has 0 spiro atoms. The molecule has 1 heterocycles. The van der Waals surface area contributed by atoms with Gasteiger partial charge in [0.1, 0.15) is 0 Å². The van der Waals surface area contributed by atoms with Crippen molar-refractivity contribution in [1.29, 1.82) is 5.26 Å². The van der Waals surface area contributed by atoms with Gasteiger partial charge in [-0.3, -0.25) is 0 Å². The van der Waals surface area contributed by atoms with Crippen LogP contribution in [0.5, 0.6) is 0 Å². The largest absolute Gasteiger partial charge is 0.372 e. The number of hydrogen-bond donors (Lipinski definition) is 0. The van der Waals surface area contributed by atoms with Crippen molar-refractivity contribution < 1.29 is 0 Å². The van der Waals surface area contributed by atoms with Gasteiger partial charge in [0.2, 0.25) is 0 Å². The van der Waals surface area contributed by atoms with Crippen molar-refractivity contribution in [3.63, 3.8) is 0 Å². The maximum atomic E-state index is 9.46. The molecule has 2 nitrogen and oxygen atoms in total. The van der Waals surface area contributed by atoms with Crippen LogP contribution in [0.25, 0.3) is 10.8 Å². The molecule has 4 rings (SSSR count). The zero-order valence-corrected chi connectivity index (χ0v) is 23.1. The van der Waals surface area contributed by atoms with E-state index in [2.05, 4.69) is 66.4 Å². The summed E-state index contributed by atoms with van der Waals surface area (Å²) in [4.78, 5) is 2.57. The highest BCUT2D eigenvalue weighted by Gasteiger charge is 2.20. The van der Waals surface area contributed by atoms with Gasteiger partial charge in [0.05, 0.1) is 11.6 Å². The number of fused-ring (bicyclic) bond motifs is 1. The summed E-state index contributed by atoms with van der Waals surface area (Å²) in [6.07, 6.45) is 18.8. The van der Waals surface area contributed by atoms with Crippen LogP contribution in [0, 0.1) is 17.2 Å². The highest BCUT2D eigenvalue weighted by Crippen LogP contribution is 2.30. The van der Waals surface area contributed by atoms with Crippen molar-refractivity contribution in [3.05, 3.63) is 77.4 Å². The molecule has 0 saturated carbocycles. The van der Waals surface area contributed by atoms with Crippen molar-refractivity contribution >= 4 is 16.5 Å². The third-order valence-electron chi connectivity index (χ3n) is 8.38. The molecule has 1 saturated heterocycles. The van der Waals surface area contributed by atoms with Gasteiger partial charge >= 0.3 is 0 Å². The molecule has 196 valence electrons.